The van der Waals surface area contributed by atoms with Crippen molar-refractivity contribution in [2.45, 2.75) is 31.8 Å². The summed E-state index contributed by atoms with van der Waals surface area (Å²) in [5.74, 6) is -1.09. The third-order valence-electron chi connectivity index (χ3n) is 2.87. The van der Waals surface area contributed by atoms with Crippen molar-refractivity contribution in [2.24, 2.45) is 11.8 Å². The average molecular weight is 213 g/mol. The number of allylic oxidation sites excluding steroid dienone is 1. The minimum absolute atomic E-state index is 0.00866. The summed E-state index contributed by atoms with van der Waals surface area (Å²) < 4.78 is 5.31. The van der Waals surface area contributed by atoms with Crippen molar-refractivity contribution in [1.29, 1.82) is 0 Å². The van der Waals surface area contributed by atoms with Crippen LogP contribution in [0.1, 0.15) is 25.7 Å². The molecule has 1 fully saturated rings. The van der Waals surface area contributed by atoms with Gasteiger partial charge in [0.1, 0.15) is 5.92 Å². The van der Waals surface area contributed by atoms with Gasteiger partial charge in [-0.3, -0.25) is 0 Å². The van der Waals surface area contributed by atoms with Crippen LogP contribution < -0.4 is 0 Å². The largest absolute Gasteiger partial charge is 0.629 e. The van der Waals surface area contributed by atoms with Crippen molar-refractivity contribution in [3.05, 3.63) is 12.2 Å². The summed E-state index contributed by atoms with van der Waals surface area (Å²) in [4.78, 5) is 19.0. The molecule has 0 aromatic carbocycles. The number of rotatable bonds is 3. The molecule has 0 saturated heterocycles. The molecule has 0 aliphatic heterocycles. The average Bonchev–Trinajstić information content (AvgIpc) is 3.01. The van der Waals surface area contributed by atoms with Crippen molar-refractivity contribution < 1.29 is 19.4 Å². The summed E-state index contributed by atoms with van der Waals surface area (Å²) in [5, 5.41) is 7.23. The summed E-state index contributed by atoms with van der Waals surface area (Å²) in [6.45, 7) is 0. The molecule has 2 aliphatic rings. The minimum Gasteiger partial charge on any atom is -0.523 e. The van der Waals surface area contributed by atoms with Crippen molar-refractivity contribution in [2.75, 3.05) is 0 Å². The predicted octanol–water partition coefficient (Wildman–Crippen LogP) is 0.477. The Morgan fingerprint density at radius 3 is 2.60 bits per heavy atom. The normalized spacial score (nSPS) is 29.9. The van der Waals surface area contributed by atoms with Gasteiger partial charge in [-0.1, -0.05) is 12.2 Å². The quantitative estimate of drug-likeness (QED) is 0.381. The zero-order valence-electron chi connectivity index (χ0n) is 8.52. The van der Waals surface area contributed by atoms with E-state index < -0.39 is 11.9 Å². The molecular formula is C11H17O4+3. The number of ether oxygens (including phenoxy) is 1. The SMILES string of the molecule is [OH+]=C([OH2+])C1C=CCCC1C(=[OH+])OC1CC1. The van der Waals surface area contributed by atoms with Gasteiger partial charge in [-0.25, -0.2) is 4.79 Å². The maximum atomic E-state index is 9.76. The lowest BCUT2D eigenvalue weighted by atomic mass is 9.84. The van der Waals surface area contributed by atoms with E-state index in [4.69, 9.17) is 9.84 Å². The highest BCUT2D eigenvalue weighted by Gasteiger charge is 2.48. The second-order valence-corrected chi connectivity index (χ2v) is 4.18. The molecule has 2 rings (SSSR count). The van der Waals surface area contributed by atoms with Crippen LogP contribution in [0.4, 0.5) is 0 Å². The van der Waals surface area contributed by atoms with E-state index in [2.05, 4.69) is 0 Å². The number of esters is 1. The Morgan fingerprint density at radius 2 is 2.00 bits per heavy atom. The molecule has 4 N–H and O–H groups in total. The van der Waals surface area contributed by atoms with Crippen LogP contribution in [0.15, 0.2) is 12.2 Å². The van der Waals surface area contributed by atoms with Gasteiger partial charge in [0.15, 0.2) is 6.10 Å². The number of hydrogen-bond donors (Lipinski definition) is 0. The van der Waals surface area contributed by atoms with E-state index in [9.17, 15) is 9.59 Å². The zero-order valence-corrected chi connectivity index (χ0v) is 8.52. The van der Waals surface area contributed by atoms with Crippen LogP contribution in [0.2, 0.25) is 0 Å². The van der Waals surface area contributed by atoms with E-state index >= 15 is 0 Å². The minimum atomic E-state index is -0.419. The fraction of sp³-hybridized carbons (Fsp3) is 0.636. The highest BCUT2D eigenvalue weighted by molar-refractivity contribution is 5.84. The van der Waals surface area contributed by atoms with E-state index in [0.29, 0.717) is 0 Å². The fourth-order valence-electron chi connectivity index (χ4n) is 1.84. The number of hydrogen-bond acceptors (Lipinski definition) is 1. The lowest BCUT2D eigenvalue weighted by Gasteiger charge is -2.14. The highest BCUT2D eigenvalue weighted by Crippen LogP contribution is 2.30. The van der Waals surface area contributed by atoms with Gasteiger partial charge < -0.3 is 14.6 Å². The summed E-state index contributed by atoms with van der Waals surface area (Å²) in [6, 6.07) is 0. The molecule has 2 aliphatic carbocycles. The number of carbonyl (C=O) groups excluding carboxylic acids is 2. The van der Waals surface area contributed by atoms with Crippen LogP contribution in [0.25, 0.3) is 0 Å². The van der Waals surface area contributed by atoms with Gasteiger partial charge in [0.25, 0.3) is 0 Å². The van der Waals surface area contributed by atoms with Crippen LogP contribution in [0.5, 0.6) is 0 Å². The second-order valence-electron chi connectivity index (χ2n) is 4.18. The zero-order chi connectivity index (χ0) is 10.8. The maximum absolute atomic E-state index is 9.76. The van der Waals surface area contributed by atoms with Crippen molar-refractivity contribution >= 4 is 11.9 Å². The summed E-state index contributed by atoms with van der Waals surface area (Å²) in [6.07, 6.45) is 7.42. The Bertz CT molecular complexity index is 304. The van der Waals surface area contributed by atoms with Gasteiger partial charge in [-0.05, 0) is 12.8 Å². The van der Waals surface area contributed by atoms with E-state index in [0.717, 1.165) is 25.7 Å². The molecule has 4 nitrogen and oxygen atoms in total. The molecule has 1 saturated carbocycles. The van der Waals surface area contributed by atoms with Crippen molar-refractivity contribution in [1.82, 2.24) is 0 Å². The van der Waals surface area contributed by atoms with Gasteiger partial charge in [0.2, 0.25) is 5.92 Å². The molecule has 2 atom stereocenters. The first-order valence-corrected chi connectivity index (χ1v) is 5.35. The third-order valence-corrected chi connectivity index (χ3v) is 2.87. The Morgan fingerprint density at radius 1 is 1.27 bits per heavy atom. The summed E-state index contributed by atoms with van der Waals surface area (Å²) in [7, 11) is 0. The lowest BCUT2D eigenvalue weighted by Crippen LogP contribution is -2.32. The molecular weight excluding hydrogens is 196 g/mol. The first-order chi connectivity index (χ1) is 7.18. The second kappa shape index (κ2) is 4.04. The Balaban J connectivity index is 2.01. The first-order valence-electron chi connectivity index (χ1n) is 5.35. The Hall–Kier alpha value is -1.32. The van der Waals surface area contributed by atoms with Crippen LogP contribution in [-0.4, -0.2) is 32.7 Å². The molecule has 0 radical (unpaired) electrons. The maximum Gasteiger partial charge on any atom is 0.629 e. The summed E-state index contributed by atoms with van der Waals surface area (Å²) in [5.41, 5.74) is 0. The molecule has 0 heterocycles. The van der Waals surface area contributed by atoms with Crippen LogP contribution in [-0.2, 0) is 4.74 Å². The third kappa shape index (κ3) is 2.37. The topological polar surface area (TPSA) is 74.9 Å². The van der Waals surface area contributed by atoms with Gasteiger partial charge in [-0.15, -0.1) is 0 Å². The van der Waals surface area contributed by atoms with E-state index in [1.165, 1.54) is 0 Å². The summed E-state index contributed by atoms with van der Waals surface area (Å²) >= 11 is 0. The highest BCUT2D eigenvalue weighted by atomic mass is 16.5. The molecule has 0 aromatic heterocycles. The fourth-order valence-corrected chi connectivity index (χ4v) is 1.84. The van der Waals surface area contributed by atoms with E-state index in [1.54, 1.807) is 6.08 Å². The molecule has 2 unspecified atom stereocenters. The van der Waals surface area contributed by atoms with Crippen molar-refractivity contribution in [3.8, 4) is 0 Å². The molecule has 0 aromatic rings. The van der Waals surface area contributed by atoms with Crippen LogP contribution in [0, 0.1) is 11.8 Å². The molecule has 4 heteroatoms. The van der Waals surface area contributed by atoms with Gasteiger partial charge in [0.05, 0.1) is 0 Å². The van der Waals surface area contributed by atoms with E-state index in [-0.39, 0.29) is 18.0 Å². The molecule has 82 valence electrons. The predicted molar refractivity (Wildman–Crippen MR) is 57.0 cm³/mol. The monoisotopic (exact) mass is 213 g/mol. The van der Waals surface area contributed by atoms with Gasteiger partial charge in [-0.2, -0.15) is 0 Å². The first kappa shape index (κ1) is 10.2. The Labute approximate surface area is 87.9 Å². The molecule has 0 amide bonds. The van der Waals surface area contributed by atoms with Crippen LogP contribution >= 0.6 is 0 Å². The smallest absolute Gasteiger partial charge is 0.523 e. The molecule has 0 spiro atoms. The lowest BCUT2D eigenvalue weighted by molar-refractivity contribution is 0.217. The van der Waals surface area contributed by atoms with Crippen molar-refractivity contribution in [3.63, 3.8) is 0 Å². The standard InChI is InChI=1S/C11H14O4/c12-10(13)8-3-1-2-4-9(8)11(14)15-7-5-6-7/h1,3,7-9H,2,4-6H2,(H,12,13)/p+3. The van der Waals surface area contributed by atoms with Gasteiger partial charge >= 0.3 is 11.9 Å². The van der Waals surface area contributed by atoms with E-state index in [1.807, 2.05) is 6.08 Å². The Kier molecular flexibility index (Phi) is 2.75. The van der Waals surface area contributed by atoms with Crippen LogP contribution in [0.3, 0.4) is 0 Å². The molecule has 0 bridgehead atoms. The molecule has 15 heavy (non-hydrogen) atoms. The van der Waals surface area contributed by atoms with Gasteiger partial charge in [0, 0.05) is 12.8 Å².